The second-order valence-corrected chi connectivity index (χ2v) is 16.1. The Hall–Kier alpha value is -3.26. The van der Waals surface area contributed by atoms with Gasteiger partial charge < -0.3 is 20.1 Å². The average molecular weight is 705 g/mol. The molecule has 2 spiro atoms. The Bertz CT molecular complexity index is 1320. The average Bonchev–Trinajstić information content (AvgIpc) is 3.46. The third-order valence-electron chi connectivity index (χ3n) is 14.4. The van der Waals surface area contributed by atoms with Gasteiger partial charge in [-0.05, 0) is 80.3 Å². The topological polar surface area (TPSA) is 158 Å². The van der Waals surface area contributed by atoms with Crippen molar-refractivity contribution in [2.45, 2.75) is 141 Å². The van der Waals surface area contributed by atoms with Crippen LogP contribution < -0.4 is 10.6 Å². The molecule has 4 fully saturated rings. The lowest BCUT2D eigenvalue weighted by Crippen LogP contribution is -2.74. The maximum absolute atomic E-state index is 13.9. The molecule has 4 saturated heterocycles. The first-order valence-electron chi connectivity index (χ1n) is 18.2. The van der Waals surface area contributed by atoms with E-state index in [-0.39, 0.29) is 47.2 Å². The van der Waals surface area contributed by atoms with Crippen molar-refractivity contribution >= 4 is 35.8 Å². The van der Waals surface area contributed by atoms with Crippen LogP contribution in [-0.2, 0) is 28.7 Å². The predicted molar refractivity (Wildman–Crippen MR) is 186 cm³/mol. The first-order valence-corrected chi connectivity index (χ1v) is 18.2. The van der Waals surface area contributed by atoms with E-state index in [0.717, 1.165) is 35.5 Å². The molecule has 2 N–H and O–H groups in total. The normalized spacial score (nSPS) is 39.4. The van der Waals surface area contributed by atoms with Crippen LogP contribution in [0.25, 0.3) is 0 Å². The quantitative estimate of drug-likeness (QED) is 0.186. The van der Waals surface area contributed by atoms with E-state index in [1.165, 1.54) is 0 Å². The van der Waals surface area contributed by atoms with Gasteiger partial charge in [-0.15, -0.1) is 0 Å². The summed E-state index contributed by atoms with van der Waals surface area (Å²) in [5, 5.41) is 5.91. The summed E-state index contributed by atoms with van der Waals surface area (Å²) in [5.74, 6) is -3.04. The summed E-state index contributed by atoms with van der Waals surface area (Å²) in [6.07, 6.45) is 3.86. The van der Waals surface area contributed by atoms with Gasteiger partial charge in [0.1, 0.15) is 37.4 Å². The van der Waals surface area contributed by atoms with Gasteiger partial charge in [0.2, 0.25) is 0 Å². The molecule has 0 aromatic carbocycles. The number of nitrogens with zero attached hydrogens (tertiary/aromatic N) is 4. The lowest BCUT2D eigenvalue weighted by molar-refractivity contribution is -0.158. The minimum atomic E-state index is -1.16. The Kier molecular flexibility index (Phi) is 10.6. The molecule has 282 valence electrons. The fourth-order valence-corrected chi connectivity index (χ4v) is 9.50. The summed E-state index contributed by atoms with van der Waals surface area (Å²) >= 11 is 0. The van der Waals surface area contributed by atoms with Gasteiger partial charge in [0.15, 0.2) is 0 Å². The Labute approximate surface area is 297 Å². The van der Waals surface area contributed by atoms with Crippen LogP contribution in [0.3, 0.4) is 0 Å². The zero-order chi connectivity index (χ0) is 37.8. The van der Waals surface area contributed by atoms with Crippen LogP contribution in [0, 0.1) is 11.8 Å². The van der Waals surface area contributed by atoms with Crippen molar-refractivity contribution in [3.8, 4) is 0 Å². The number of hydrogen-bond donors (Lipinski definition) is 2. The molecule has 0 saturated carbocycles. The Morgan fingerprint density at radius 2 is 0.960 bits per heavy atom. The summed E-state index contributed by atoms with van der Waals surface area (Å²) in [7, 11) is 4.13. The van der Waals surface area contributed by atoms with Gasteiger partial charge in [-0.2, -0.15) is 0 Å². The maximum Gasteiger partial charge on any atom is 0.326 e. The number of carbonyl (C=O) groups is 6. The molecule has 8 unspecified atom stereocenters. The number of urea groups is 2. The molecule has 0 radical (unpaired) electrons. The molecular formula is C36H60N6O8. The molecule has 0 bridgehead atoms. The third kappa shape index (κ3) is 5.78. The fourth-order valence-electron chi connectivity index (χ4n) is 9.50. The van der Waals surface area contributed by atoms with Gasteiger partial charge in [0.05, 0.1) is 0 Å². The number of piperidine rings is 2. The van der Waals surface area contributed by atoms with Crippen molar-refractivity contribution in [2.24, 2.45) is 11.8 Å². The van der Waals surface area contributed by atoms with Crippen LogP contribution in [0.15, 0.2) is 0 Å². The van der Waals surface area contributed by atoms with Gasteiger partial charge in [-0.1, -0.05) is 41.5 Å². The van der Waals surface area contributed by atoms with Gasteiger partial charge in [-0.3, -0.25) is 38.8 Å². The second-order valence-electron chi connectivity index (χ2n) is 16.1. The minimum Gasteiger partial charge on any atom is -0.461 e. The standard InChI is InChI=1S/C36H60N6O8/c1-13-31(7)21-35(23(5)33(9,15-3)39(31)11)27(45)41(29(47)37-35)19-25(43)49-17-18-50-26(44)20-42-28(46)36(38-30(42)48)22-32(8,14-2)40(12)34(10,16-4)24(36)6/h23-24H,13-22H2,1-12H3,(H,37,47)(H,38,48). The minimum absolute atomic E-state index is 0.240. The predicted octanol–water partition coefficient (Wildman–Crippen LogP) is 3.27. The van der Waals surface area contributed by atoms with E-state index in [0.29, 0.717) is 12.8 Å². The summed E-state index contributed by atoms with van der Waals surface area (Å²) in [5.41, 5.74) is -3.82. The highest BCUT2D eigenvalue weighted by Gasteiger charge is 2.67. The second kappa shape index (κ2) is 13.4. The zero-order valence-corrected chi connectivity index (χ0v) is 32.3. The van der Waals surface area contributed by atoms with E-state index < -0.39 is 60.0 Å². The van der Waals surface area contributed by atoms with Crippen LogP contribution in [0.1, 0.15) is 108 Å². The van der Waals surface area contributed by atoms with E-state index in [1.807, 2.05) is 13.8 Å². The first-order chi connectivity index (χ1) is 23.1. The van der Waals surface area contributed by atoms with E-state index in [9.17, 15) is 28.8 Å². The van der Waals surface area contributed by atoms with Crippen molar-refractivity contribution < 1.29 is 38.2 Å². The Morgan fingerprint density at radius 3 is 1.24 bits per heavy atom. The lowest BCUT2D eigenvalue weighted by Gasteiger charge is -2.62. The summed E-state index contributed by atoms with van der Waals surface area (Å²) in [6, 6.07) is -1.29. The van der Waals surface area contributed by atoms with Crippen LogP contribution >= 0.6 is 0 Å². The molecule has 50 heavy (non-hydrogen) atoms. The van der Waals surface area contributed by atoms with Crippen LogP contribution in [0.4, 0.5) is 9.59 Å². The van der Waals surface area contributed by atoms with Crippen molar-refractivity contribution in [2.75, 3.05) is 40.4 Å². The third-order valence-corrected chi connectivity index (χ3v) is 14.4. The fraction of sp³-hybridized carbons (Fsp3) is 0.833. The van der Waals surface area contributed by atoms with E-state index in [4.69, 9.17) is 9.47 Å². The summed E-state index contributed by atoms with van der Waals surface area (Å²) in [4.78, 5) is 86.2. The number of nitrogens with one attached hydrogen (secondary N) is 2. The van der Waals surface area contributed by atoms with Gasteiger partial charge >= 0.3 is 24.0 Å². The summed E-state index contributed by atoms with van der Waals surface area (Å²) < 4.78 is 10.5. The number of imide groups is 2. The highest BCUT2D eigenvalue weighted by atomic mass is 16.6. The monoisotopic (exact) mass is 704 g/mol. The first kappa shape index (κ1) is 39.5. The highest BCUT2D eigenvalue weighted by Crippen LogP contribution is 2.52. The highest BCUT2D eigenvalue weighted by molar-refractivity contribution is 6.10. The maximum atomic E-state index is 13.9. The molecule has 14 nitrogen and oxygen atoms in total. The molecular weight excluding hydrogens is 644 g/mol. The van der Waals surface area contributed by atoms with Crippen LogP contribution in [0.2, 0.25) is 0 Å². The number of esters is 2. The number of ether oxygens (including phenoxy) is 2. The Balaban J connectivity index is 1.33. The molecule has 0 aliphatic carbocycles. The van der Waals surface area contributed by atoms with Crippen molar-refractivity contribution in [1.29, 1.82) is 0 Å². The van der Waals surface area contributed by atoms with E-state index >= 15 is 0 Å². The molecule has 4 heterocycles. The molecule has 14 heteroatoms. The molecule has 4 aliphatic rings. The van der Waals surface area contributed by atoms with Crippen molar-refractivity contribution in [1.82, 2.24) is 30.2 Å². The van der Waals surface area contributed by atoms with Crippen molar-refractivity contribution in [3.63, 3.8) is 0 Å². The number of carbonyl (C=O) groups excluding carboxylic acids is 6. The van der Waals surface area contributed by atoms with Gasteiger partial charge in [-0.25, -0.2) is 9.59 Å². The SMILES string of the molecule is CCC1(C)CC2(NC(=O)N(CC(=O)OCCOC(=O)CN3C(=O)NC4(CC(C)(CC)N(C)C(C)(CC)C4C)C3=O)C2=O)C(C)C(C)(CC)N1C. The molecule has 4 aliphatic heterocycles. The van der Waals surface area contributed by atoms with Crippen LogP contribution in [-0.4, -0.2) is 129 Å². The molecule has 0 aromatic heterocycles. The van der Waals surface area contributed by atoms with Gasteiger partial charge in [0.25, 0.3) is 11.8 Å². The molecule has 8 atom stereocenters. The number of amides is 6. The van der Waals surface area contributed by atoms with E-state index in [2.05, 4.69) is 89.9 Å². The Morgan fingerprint density at radius 1 is 0.640 bits per heavy atom. The summed E-state index contributed by atoms with van der Waals surface area (Å²) in [6.45, 7) is 18.8. The number of likely N-dealkylation sites (tertiary alicyclic amines) is 2. The van der Waals surface area contributed by atoms with E-state index in [1.54, 1.807) is 0 Å². The number of hydrogen-bond acceptors (Lipinski definition) is 10. The molecule has 4 rings (SSSR count). The van der Waals surface area contributed by atoms with Crippen LogP contribution in [0.5, 0.6) is 0 Å². The van der Waals surface area contributed by atoms with Gasteiger partial charge in [0, 0.05) is 34.0 Å². The van der Waals surface area contributed by atoms with Crippen molar-refractivity contribution in [3.05, 3.63) is 0 Å². The molecule has 6 amide bonds. The molecule has 0 aromatic rings. The largest absolute Gasteiger partial charge is 0.461 e. The zero-order valence-electron chi connectivity index (χ0n) is 32.3. The number of rotatable bonds is 11. The lowest BCUT2D eigenvalue weighted by atomic mass is 9.60. The smallest absolute Gasteiger partial charge is 0.326 e.